The predicted molar refractivity (Wildman–Crippen MR) is 165 cm³/mol. The monoisotopic (exact) mass is 568 g/mol. The molecule has 2 amide bonds. The fourth-order valence-electron chi connectivity index (χ4n) is 5.51. The van der Waals surface area contributed by atoms with Crippen molar-refractivity contribution in [2.45, 2.75) is 25.7 Å². The zero-order valence-electron chi connectivity index (χ0n) is 24.1. The highest BCUT2D eigenvalue weighted by Crippen LogP contribution is 2.22. The summed E-state index contributed by atoms with van der Waals surface area (Å²) in [4.78, 5) is 43.9. The Hall–Kier alpha value is -3.85. The summed E-state index contributed by atoms with van der Waals surface area (Å²) >= 11 is 0. The van der Waals surface area contributed by atoms with Crippen LogP contribution in [0.2, 0.25) is 0 Å². The quantitative estimate of drug-likeness (QED) is 0.251. The number of nitrogens with zero attached hydrogens (tertiary/aromatic N) is 2. The summed E-state index contributed by atoms with van der Waals surface area (Å²) in [5.74, 6) is -0.557. The molecular formula is C34H40N4O4. The second kappa shape index (κ2) is 14.9. The van der Waals surface area contributed by atoms with Crippen LogP contribution < -0.4 is 10.6 Å². The lowest BCUT2D eigenvalue weighted by Crippen LogP contribution is -2.41. The topological polar surface area (TPSA) is 91.0 Å². The number of carbonyl (C=O) groups is 3. The average Bonchev–Trinajstić information content (AvgIpc) is 3.54. The standard InChI is InChI=1S/C34H40N4O4/c39-32(23-26-9-11-28(12-10-26)27-7-2-1-3-8-27)29-13-14-30(34(41)35-15-6-18-37-16-4-5-17-37)31(24-29)36-33(40)25-38-19-21-42-22-20-38/h1-3,7-14,24H,4-6,15-23,25H2,(H,35,41)(H,36,40). The molecule has 8 heteroatoms. The van der Waals surface area contributed by atoms with Gasteiger partial charge in [-0.25, -0.2) is 0 Å². The Balaban J connectivity index is 1.26. The van der Waals surface area contributed by atoms with E-state index in [1.54, 1.807) is 18.2 Å². The molecule has 2 N–H and O–H groups in total. The lowest BCUT2D eigenvalue weighted by atomic mass is 9.98. The molecule has 3 aromatic rings. The van der Waals surface area contributed by atoms with Crippen LogP contribution in [0.3, 0.4) is 0 Å². The molecule has 0 radical (unpaired) electrons. The Morgan fingerprint density at radius 2 is 1.50 bits per heavy atom. The Bertz CT molecular complexity index is 1350. The molecule has 42 heavy (non-hydrogen) atoms. The molecule has 0 spiro atoms. The third kappa shape index (κ3) is 8.35. The van der Waals surface area contributed by atoms with Crippen LogP contribution in [-0.4, -0.2) is 86.4 Å². The van der Waals surface area contributed by atoms with Crippen molar-refractivity contribution in [2.75, 3.05) is 64.3 Å². The number of rotatable bonds is 12. The number of benzene rings is 3. The molecule has 0 aromatic heterocycles. The predicted octanol–water partition coefficient (Wildman–Crippen LogP) is 4.27. The summed E-state index contributed by atoms with van der Waals surface area (Å²) in [6.07, 6.45) is 3.57. The zero-order valence-corrected chi connectivity index (χ0v) is 24.1. The summed E-state index contributed by atoms with van der Waals surface area (Å²) in [7, 11) is 0. The molecule has 220 valence electrons. The maximum absolute atomic E-state index is 13.3. The largest absolute Gasteiger partial charge is 0.379 e. The van der Waals surface area contributed by atoms with E-state index in [4.69, 9.17) is 4.74 Å². The van der Waals surface area contributed by atoms with Crippen molar-refractivity contribution in [3.8, 4) is 11.1 Å². The number of amides is 2. The molecule has 0 aliphatic carbocycles. The van der Waals surface area contributed by atoms with E-state index in [0.29, 0.717) is 49.7 Å². The third-order valence-corrected chi connectivity index (χ3v) is 7.89. The van der Waals surface area contributed by atoms with Gasteiger partial charge < -0.3 is 20.3 Å². The van der Waals surface area contributed by atoms with Crippen LogP contribution in [0.4, 0.5) is 5.69 Å². The highest BCUT2D eigenvalue weighted by molar-refractivity contribution is 6.07. The van der Waals surface area contributed by atoms with E-state index in [-0.39, 0.29) is 30.6 Å². The number of morpholine rings is 1. The maximum Gasteiger partial charge on any atom is 0.253 e. The van der Waals surface area contributed by atoms with Crippen LogP contribution in [0.25, 0.3) is 11.1 Å². The number of likely N-dealkylation sites (tertiary alicyclic amines) is 1. The molecule has 2 saturated heterocycles. The first-order valence-corrected chi connectivity index (χ1v) is 15.0. The lowest BCUT2D eigenvalue weighted by molar-refractivity contribution is -0.118. The van der Waals surface area contributed by atoms with Crippen molar-refractivity contribution >= 4 is 23.3 Å². The van der Waals surface area contributed by atoms with E-state index < -0.39 is 0 Å². The van der Waals surface area contributed by atoms with Gasteiger partial charge >= 0.3 is 0 Å². The normalized spacial score (nSPS) is 15.8. The second-order valence-corrected chi connectivity index (χ2v) is 11.0. The molecule has 2 heterocycles. The maximum atomic E-state index is 13.3. The van der Waals surface area contributed by atoms with E-state index in [1.165, 1.54) is 12.8 Å². The summed E-state index contributed by atoms with van der Waals surface area (Å²) in [6.45, 7) is 6.51. The molecule has 8 nitrogen and oxygen atoms in total. The van der Waals surface area contributed by atoms with Crippen LogP contribution in [0.5, 0.6) is 0 Å². The minimum absolute atomic E-state index is 0.0799. The molecule has 5 rings (SSSR count). The molecule has 0 bridgehead atoms. The summed E-state index contributed by atoms with van der Waals surface area (Å²) in [5, 5.41) is 5.91. The number of carbonyl (C=O) groups excluding carboxylic acids is 3. The Labute approximate surface area is 248 Å². The number of Topliss-reactive ketones (excluding diaryl/α,β-unsaturated/α-hetero) is 1. The van der Waals surface area contributed by atoms with Gasteiger partial charge in [0.25, 0.3) is 5.91 Å². The molecular weight excluding hydrogens is 528 g/mol. The first kappa shape index (κ1) is 29.6. The van der Waals surface area contributed by atoms with Crippen LogP contribution in [0.1, 0.15) is 45.5 Å². The smallest absolute Gasteiger partial charge is 0.253 e. The first-order valence-electron chi connectivity index (χ1n) is 15.0. The summed E-state index contributed by atoms with van der Waals surface area (Å²) < 4.78 is 5.38. The van der Waals surface area contributed by atoms with Gasteiger partial charge in [0.05, 0.1) is 31.0 Å². The molecule has 0 atom stereocenters. The first-order chi connectivity index (χ1) is 20.5. The number of hydrogen-bond acceptors (Lipinski definition) is 6. The zero-order chi connectivity index (χ0) is 29.1. The Morgan fingerprint density at radius 3 is 2.24 bits per heavy atom. The van der Waals surface area contributed by atoms with Crippen molar-refractivity contribution in [3.63, 3.8) is 0 Å². The number of ketones is 1. The Kier molecular flexibility index (Phi) is 10.5. The van der Waals surface area contributed by atoms with Gasteiger partial charge in [0.1, 0.15) is 0 Å². The fraction of sp³-hybridized carbons (Fsp3) is 0.382. The van der Waals surface area contributed by atoms with Crippen LogP contribution >= 0.6 is 0 Å². The molecule has 0 saturated carbocycles. The SMILES string of the molecule is O=C(CN1CCOCC1)Nc1cc(C(=O)Cc2ccc(-c3ccccc3)cc2)ccc1C(=O)NCCCN1CCCC1. The second-order valence-electron chi connectivity index (χ2n) is 11.0. The highest BCUT2D eigenvalue weighted by Gasteiger charge is 2.20. The van der Waals surface area contributed by atoms with Crippen molar-refractivity contribution < 1.29 is 19.1 Å². The van der Waals surface area contributed by atoms with Gasteiger partial charge in [-0.2, -0.15) is 0 Å². The van der Waals surface area contributed by atoms with Gasteiger partial charge in [-0.3, -0.25) is 19.3 Å². The molecule has 3 aromatic carbocycles. The number of nitrogens with one attached hydrogen (secondary N) is 2. The van der Waals surface area contributed by atoms with Gasteiger partial charge in [-0.05, 0) is 67.7 Å². The van der Waals surface area contributed by atoms with Crippen molar-refractivity contribution in [1.82, 2.24) is 15.1 Å². The molecule has 2 aliphatic heterocycles. The average molecular weight is 569 g/mol. The fourth-order valence-corrected chi connectivity index (χ4v) is 5.51. The molecule has 0 unspecified atom stereocenters. The van der Waals surface area contributed by atoms with Gasteiger partial charge in [-0.1, -0.05) is 60.7 Å². The van der Waals surface area contributed by atoms with E-state index in [1.807, 2.05) is 47.4 Å². The van der Waals surface area contributed by atoms with Gasteiger partial charge in [0.15, 0.2) is 5.78 Å². The minimum Gasteiger partial charge on any atom is -0.379 e. The molecule has 2 fully saturated rings. The van der Waals surface area contributed by atoms with E-state index in [0.717, 1.165) is 42.7 Å². The van der Waals surface area contributed by atoms with E-state index >= 15 is 0 Å². The van der Waals surface area contributed by atoms with Gasteiger partial charge in [-0.15, -0.1) is 0 Å². The van der Waals surface area contributed by atoms with Crippen molar-refractivity contribution in [1.29, 1.82) is 0 Å². The Morgan fingerprint density at radius 1 is 0.786 bits per heavy atom. The minimum atomic E-state index is -0.256. The van der Waals surface area contributed by atoms with Crippen LogP contribution in [0, 0.1) is 0 Å². The van der Waals surface area contributed by atoms with Crippen molar-refractivity contribution in [2.24, 2.45) is 0 Å². The molecule has 2 aliphatic rings. The van der Waals surface area contributed by atoms with Crippen LogP contribution in [-0.2, 0) is 16.0 Å². The number of anilines is 1. The number of ether oxygens (including phenoxy) is 1. The van der Waals surface area contributed by atoms with Crippen LogP contribution in [0.15, 0.2) is 72.8 Å². The number of hydrogen-bond donors (Lipinski definition) is 2. The third-order valence-electron chi connectivity index (χ3n) is 7.89. The van der Waals surface area contributed by atoms with Crippen molar-refractivity contribution in [3.05, 3.63) is 89.5 Å². The highest BCUT2D eigenvalue weighted by atomic mass is 16.5. The van der Waals surface area contributed by atoms with E-state index in [9.17, 15) is 14.4 Å². The lowest BCUT2D eigenvalue weighted by Gasteiger charge is -2.26. The van der Waals surface area contributed by atoms with Gasteiger partial charge in [0.2, 0.25) is 5.91 Å². The summed E-state index contributed by atoms with van der Waals surface area (Å²) in [6, 6.07) is 23.0. The van der Waals surface area contributed by atoms with E-state index in [2.05, 4.69) is 27.7 Å². The van der Waals surface area contributed by atoms with Gasteiger partial charge in [0, 0.05) is 31.6 Å². The summed E-state index contributed by atoms with van der Waals surface area (Å²) in [5.41, 5.74) is 4.28.